The largest absolute Gasteiger partial charge is 0.508 e. The minimum absolute atomic E-state index is 0.0383. The second kappa shape index (κ2) is 16.3. The number of piperazine rings is 2. The highest BCUT2D eigenvalue weighted by molar-refractivity contribution is 6.36. The van der Waals surface area contributed by atoms with Gasteiger partial charge in [-0.3, -0.25) is 24.1 Å². The second-order valence-electron chi connectivity index (χ2n) is 16.3. The van der Waals surface area contributed by atoms with Crippen LogP contribution >= 0.6 is 0 Å². The molecule has 7 rings (SSSR count). The van der Waals surface area contributed by atoms with Gasteiger partial charge in [-0.1, -0.05) is 87.7 Å². The average molecular weight is 722 g/mol. The number of carbonyl (C=O) groups excluding carboxylic acids is 4. The van der Waals surface area contributed by atoms with Crippen molar-refractivity contribution in [3.63, 3.8) is 0 Å². The number of nitrogens with one attached hydrogen (secondary N) is 1. The fraction of sp³-hybridized carbons (Fsp3) is 0.535. The quantitative estimate of drug-likeness (QED) is 0.261. The Hall–Kier alpha value is -4.44. The summed E-state index contributed by atoms with van der Waals surface area (Å²) in [5.41, 5.74) is 2.12. The molecule has 4 unspecified atom stereocenters. The molecule has 3 aliphatic heterocycles. The zero-order valence-electron chi connectivity index (χ0n) is 31.3. The molecule has 0 spiro atoms. The maximum atomic E-state index is 14.4. The molecule has 2 N–H and O–H groups in total. The summed E-state index contributed by atoms with van der Waals surface area (Å²) >= 11 is 0. The molecule has 10 nitrogen and oxygen atoms in total. The molecule has 0 radical (unpaired) electrons. The van der Waals surface area contributed by atoms with E-state index < -0.39 is 23.6 Å². The van der Waals surface area contributed by atoms with E-state index in [9.17, 15) is 24.3 Å². The van der Waals surface area contributed by atoms with Crippen LogP contribution in [0.15, 0.2) is 66.7 Å². The van der Waals surface area contributed by atoms with Crippen LogP contribution in [0.1, 0.15) is 69.9 Å². The van der Waals surface area contributed by atoms with E-state index in [4.69, 9.17) is 0 Å². The van der Waals surface area contributed by atoms with Crippen molar-refractivity contribution in [1.82, 2.24) is 24.9 Å². The number of rotatable bonds is 12. The molecule has 3 aromatic rings. The fourth-order valence-electron chi connectivity index (χ4n) is 9.32. The maximum absolute atomic E-state index is 14.4. The lowest BCUT2D eigenvalue weighted by atomic mass is 9.87. The van der Waals surface area contributed by atoms with Crippen LogP contribution < -0.4 is 5.32 Å². The Kier molecular flexibility index (Phi) is 11.3. The van der Waals surface area contributed by atoms with Crippen molar-refractivity contribution in [2.75, 3.05) is 39.3 Å². The average Bonchev–Trinajstić information content (AvgIpc) is 3.60. The SMILES string of the molecule is CC(C)C1CNC(=O)C(=O)N1CC1CCCN1CC(Cc1ccc2ccccc2c1)N1CC(Cc2ccc(O)cc2)N(CC2CCCCC2)C(=O)C1=O. The summed E-state index contributed by atoms with van der Waals surface area (Å²) in [6.45, 7) is 7.48. The number of likely N-dealkylation sites (tertiary alicyclic amines) is 1. The van der Waals surface area contributed by atoms with Crippen LogP contribution in [-0.4, -0.2) is 112 Å². The van der Waals surface area contributed by atoms with E-state index in [1.165, 1.54) is 6.42 Å². The summed E-state index contributed by atoms with van der Waals surface area (Å²) in [4.78, 5) is 62.3. The van der Waals surface area contributed by atoms with Crippen molar-refractivity contribution < 1.29 is 24.3 Å². The Labute approximate surface area is 313 Å². The number of aromatic hydroxyl groups is 1. The van der Waals surface area contributed by atoms with Gasteiger partial charge in [-0.15, -0.1) is 0 Å². The smallest absolute Gasteiger partial charge is 0.312 e. The normalized spacial score (nSPS) is 24.1. The molecule has 4 amide bonds. The summed E-state index contributed by atoms with van der Waals surface area (Å²) in [6.07, 6.45) is 8.72. The molecule has 3 heterocycles. The van der Waals surface area contributed by atoms with E-state index in [2.05, 4.69) is 54.4 Å². The van der Waals surface area contributed by atoms with Gasteiger partial charge in [-0.2, -0.15) is 0 Å². The summed E-state index contributed by atoms with van der Waals surface area (Å²) < 4.78 is 0. The highest BCUT2D eigenvalue weighted by Crippen LogP contribution is 2.30. The first-order chi connectivity index (χ1) is 25.6. The third kappa shape index (κ3) is 8.38. The van der Waals surface area contributed by atoms with Gasteiger partial charge in [-0.25, -0.2) is 0 Å². The number of phenols is 1. The van der Waals surface area contributed by atoms with Crippen LogP contribution in [0.2, 0.25) is 0 Å². The number of nitrogens with zero attached hydrogens (tertiary/aromatic N) is 4. The van der Waals surface area contributed by atoms with E-state index in [1.54, 1.807) is 17.0 Å². The van der Waals surface area contributed by atoms with Gasteiger partial charge in [-0.05, 0) is 90.9 Å². The van der Waals surface area contributed by atoms with Crippen molar-refractivity contribution in [1.29, 1.82) is 0 Å². The van der Waals surface area contributed by atoms with Crippen molar-refractivity contribution in [3.05, 3.63) is 77.9 Å². The molecule has 3 saturated heterocycles. The molecule has 1 aliphatic carbocycles. The van der Waals surface area contributed by atoms with Crippen LogP contribution in [-0.2, 0) is 32.0 Å². The molecule has 10 heteroatoms. The number of benzene rings is 3. The fourth-order valence-corrected chi connectivity index (χ4v) is 9.32. The lowest BCUT2D eigenvalue weighted by Gasteiger charge is -2.46. The second-order valence-corrected chi connectivity index (χ2v) is 16.3. The van der Waals surface area contributed by atoms with Gasteiger partial charge in [0.2, 0.25) is 0 Å². The maximum Gasteiger partial charge on any atom is 0.312 e. The molecular formula is C43H55N5O5. The molecular weight excluding hydrogens is 667 g/mol. The Morgan fingerprint density at radius 3 is 2.25 bits per heavy atom. The first-order valence-corrected chi connectivity index (χ1v) is 19.8. The summed E-state index contributed by atoms with van der Waals surface area (Å²) in [7, 11) is 0. The van der Waals surface area contributed by atoms with Gasteiger partial charge in [0, 0.05) is 44.8 Å². The Bertz CT molecular complexity index is 1790. The number of carbonyl (C=O) groups is 4. The summed E-state index contributed by atoms with van der Waals surface area (Å²) in [5.74, 6) is -1.09. The lowest BCUT2D eigenvalue weighted by Crippen LogP contribution is -2.65. The van der Waals surface area contributed by atoms with E-state index >= 15 is 0 Å². The number of amides is 4. The third-order valence-electron chi connectivity index (χ3n) is 12.3. The van der Waals surface area contributed by atoms with Crippen molar-refractivity contribution >= 4 is 34.4 Å². The van der Waals surface area contributed by atoms with Crippen molar-refractivity contribution in [2.45, 2.75) is 95.8 Å². The van der Waals surface area contributed by atoms with Gasteiger partial charge in [0.05, 0.1) is 12.1 Å². The summed E-state index contributed by atoms with van der Waals surface area (Å²) in [6, 6.07) is 21.4. The molecule has 282 valence electrons. The van der Waals surface area contributed by atoms with Crippen LogP contribution in [0.25, 0.3) is 10.8 Å². The van der Waals surface area contributed by atoms with E-state index in [1.807, 2.05) is 34.1 Å². The molecule has 3 aromatic carbocycles. The zero-order valence-corrected chi connectivity index (χ0v) is 31.3. The van der Waals surface area contributed by atoms with Crippen molar-refractivity contribution in [3.8, 4) is 5.75 Å². The van der Waals surface area contributed by atoms with Crippen molar-refractivity contribution in [2.24, 2.45) is 11.8 Å². The topological polar surface area (TPSA) is 114 Å². The van der Waals surface area contributed by atoms with Gasteiger partial charge in [0.25, 0.3) is 0 Å². The number of fused-ring (bicyclic) bond motifs is 1. The third-order valence-corrected chi connectivity index (χ3v) is 12.3. The number of hydrogen-bond acceptors (Lipinski definition) is 6. The molecule has 4 aliphatic rings. The highest BCUT2D eigenvalue weighted by Gasteiger charge is 2.44. The first kappa shape index (κ1) is 36.9. The Morgan fingerprint density at radius 1 is 0.755 bits per heavy atom. The standard InChI is InChI=1S/C43H55N5O5/c1-29(2)39-24-44-40(50)41(51)48(39)27-35-13-8-20-45(35)26-36(23-32-14-17-33-11-6-7-12-34(33)21-32)47-28-37(22-30-15-18-38(49)19-16-30)46(42(52)43(47)53)25-31-9-4-3-5-10-31/h6-7,11-12,14-19,21,29,31,35-37,39,49H,3-5,8-10,13,20,22-28H2,1-2H3,(H,44,50). The minimum atomic E-state index is -0.546. The van der Waals surface area contributed by atoms with Gasteiger partial charge >= 0.3 is 23.6 Å². The molecule has 4 fully saturated rings. The number of hydrogen-bond donors (Lipinski definition) is 2. The van der Waals surface area contributed by atoms with Crippen LogP contribution in [0.3, 0.4) is 0 Å². The lowest BCUT2D eigenvalue weighted by molar-refractivity contribution is -0.162. The molecule has 0 bridgehead atoms. The highest BCUT2D eigenvalue weighted by atomic mass is 16.3. The number of phenolic OH excluding ortho intramolecular Hbond substituents is 1. The Morgan fingerprint density at radius 2 is 1.49 bits per heavy atom. The molecule has 0 aromatic heterocycles. The van der Waals surface area contributed by atoms with E-state index in [0.717, 1.165) is 67.0 Å². The summed E-state index contributed by atoms with van der Waals surface area (Å²) in [5, 5.41) is 15.1. The first-order valence-electron chi connectivity index (χ1n) is 19.8. The molecule has 1 saturated carbocycles. The predicted molar refractivity (Wildman–Crippen MR) is 205 cm³/mol. The van der Waals surface area contributed by atoms with Gasteiger partial charge < -0.3 is 25.1 Å². The van der Waals surface area contributed by atoms with Gasteiger partial charge in [0.15, 0.2) is 0 Å². The molecule has 53 heavy (non-hydrogen) atoms. The van der Waals surface area contributed by atoms with Crippen LogP contribution in [0.5, 0.6) is 5.75 Å². The monoisotopic (exact) mass is 721 g/mol. The Balaban J connectivity index is 1.19. The van der Waals surface area contributed by atoms with E-state index in [-0.39, 0.29) is 35.8 Å². The van der Waals surface area contributed by atoms with Crippen LogP contribution in [0, 0.1) is 11.8 Å². The minimum Gasteiger partial charge on any atom is -0.508 e. The molecule has 4 atom stereocenters. The zero-order chi connectivity index (χ0) is 37.1. The predicted octanol–water partition coefficient (Wildman–Crippen LogP) is 4.77. The van der Waals surface area contributed by atoms with E-state index in [0.29, 0.717) is 51.5 Å². The van der Waals surface area contributed by atoms with Crippen LogP contribution in [0.4, 0.5) is 0 Å². The van der Waals surface area contributed by atoms with Gasteiger partial charge in [0.1, 0.15) is 5.75 Å².